The number of hydrogen-bond acceptors (Lipinski definition) is 2. The van der Waals surface area contributed by atoms with Crippen molar-refractivity contribution in [3.63, 3.8) is 0 Å². The van der Waals surface area contributed by atoms with Gasteiger partial charge >= 0.3 is 0 Å². The number of anilines is 6. The van der Waals surface area contributed by atoms with Gasteiger partial charge in [-0.15, -0.1) is 0 Å². The summed E-state index contributed by atoms with van der Waals surface area (Å²) < 4.78 is 0. The molecule has 88 heavy (non-hydrogen) atoms. The molecule has 0 N–H and O–H groups in total. The van der Waals surface area contributed by atoms with Gasteiger partial charge in [-0.25, -0.2) is 0 Å². The van der Waals surface area contributed by atoms with Crippen LogP contribution in [0.5, 0.6) is 0 Å². The van der Waals surface area contributed by atoms with E-state index in [4.69, 9.17) is 0 Å². The van der Waals surface area contributed by atoms with E-state index in [1.165, 1.54) is 77.9 Å². The summed E-state index contributed by atoms with van der Waals surface area (Å²) in [6, 6.07) is 109. The van der Waals surface area contributed by atoms with Gasteiger partial charge in [0.05, 0.1) is 10.8 Å². The van der Waals surface area contributed by atoms with Gasteiger partial charge in [0.2, 0.25) is 0 Å². The molecule has 0 fully saturated rings. The summed E-state index contributed by atoms with van der Waals surface area (Å²) in [4.78, 5) is 4.81. The van der Waals surface area contributed by atoms with Crippen LogP contribution >= 0.6 is 0 Å². The summed E-state index contributed by atoms with van der Waals surface area (Å²) >= 11 is 0. The van der Waals surface area contributed by atoms with Crippen LogP contribution in [-0.2, 0) is 21.7 Å². The number of rotatable bonds is 13. The summed E-state index contributed by atoms with van der Waals surface area (Å²) in [5.41, 5.74) is 27.5. The number of para-hydroxylation sites is 2. The normalized spacial score (nSPS) is 15.6. The van der Waals surface area contributed by atoms with Gasteiger partial charge in [0, 0.05) is 34.1 Å². The molecule has 2 unspecified atom stereocenters. The second-order valence-corrected chi connectivity index (χ2v) is 25.8. The van der Waals surface area contributed by atoms with Gasteiger partial charge in [-0.05, 0) is 184 Å². The van der Waals surface area contributed by atoms with Crippen molar-refractivity contribution in [3.05, 3.63) is 371 Å². The average Bonchev–Trinajstić information content (AvgIpc) is 1.55. The van der Waals surface area contributed by atoms with Crippen LogP contribution in [0.4, 0.5) is 34.1 Å². The Morgan fingerprint density at radius 1 is 0.273 bits per heavy atom. The molecule has 2 heteroatoms. The van der Waals surface area contributed by atoms with Crippen LogP contribution in [0.15, 0.2) is 304 Å². The second-order valence-electron chi connectivity index (χ2n) is 25.8. The SMILES string of the molecule is C=Cc1ccc(C2(c3ccc(C(C)(C)C)cc3)c3ccccc3-c3ccc(N(c4ccccc4)c4ccc(-c5ccc(N(c6ccccc6)c6ccc7c(c6)C(c6ccc(C=C)cc6)(c6ccc(C(C)(C)C)cc6)c6ccccc6-7)cc5)cc4)cc32)cc1. The van der Waals surface area contributed by atoms with Crippen LogP contribution in [0.2, 0.25) is 0 Å². The topological polar surface area (TPSA) is 6.48 Å². The molecular weight excluding hydrogens is 1060 g/mol. The fourth-order valence-electron chi connectivity index (χ4n) is 14.2. The van der Waals surface area contributed by atoms with Crippen LogP contribution in [-0.4, -0.2) is 0 Å². The highest BCUT2D eigenvalue weighted by molar-refractivity contribution is 5.92. The van der Waals surface area contributed by atoms with Crippen LogP contribution in [0.3, 0.4) is 0 Å². The quantitative estimate of drug-likeness (QED) is 0.114. The van der Waals surface area contributed by atoms with E-state index in [0.29, 0.717) is 0 Å². The maximum atomic E-state index is 4.11. The fraction of sp³-hybridized carbons (Fsp3) is 0.116. The maximum absolute atomic E-state index is 4.11. The predicted octanol–water partition coefficient (Wildman–Crippen LogP) is 22.9. The average molecular weight is 1130 g/mol. The zero-order chi connectivity index (χ0) is 60.4. The van der Waals surface area contributed by atoms with Crippen molar-refractivity contribution < 1.29 is 0 Å². The predicted molar refractivity (Wildman–Crippen MR) is 373 cm³/mol. The first-order valence-corrected chi connectivity index (χ1v) is 30.9. The molecule has 0 amide bonds. The van der Waals surface area contributed by atoms with Crippen molar-refractivity contribution in [2.45, 2.75) is 63.2 Å². The first kappa shape index (κ1) is 55.6. The standard InChI is InChI=1S/C86H72N2/c1-9-59-29-37-65(38-30-59)85(67-45-41-63(42-46-67)83(3,4)5)79-27-19-17-25-75(79)77-55-53-73(57-81(77)85)87(69-21-13-11-14-22-69)71-49-33-61(34-50-71)62-35-51-72(52-36-62)88(70-23-15-12-16-24-70)74-54-56-78-76-26-18-20-28-80(76)86(82(78)58-74,66-39-31-60(10-2)32-40-66)68-47-43-64(44-48-68)84(6,7)8/h9-58H,1-2H2,3-8H3. The Kier molecular flexibility index (Phi) is 13.8. The summed E-state index contributed by atoms with van der Waals surface area (Å²) in [7, 11) is 0. The second kappa shape index (κ2) is 21.9. The van der Waals surface area contributed by atoms with Gasteiger partial charge in [-0.1, -0.05) is 285 Å². The van der Waals surface area contributed by atoms with E-state index in [9.17, 15) is 0 Å². The van der Waals surface area contributed by atoms with E-state index in [0.717, 1.165) is 56.4 Å². The third-order valence-electron chi connectivity index (χ3n) is 18.7. The Bertz CT molecular complexity index is 4250. The molecule has 2 aliphatic carbocycles. The lowest BCUT2D eigenvalue weighted by Gasteiger charge is -2.35. The molecule has 2 aliphatic rings. The van der Waals surface area contributed by atoms with Crippen molar-refractivity contribution >= 4 is 46.3 Å². The van der Waals surface area contributed by atoms with Gasteiger partial charge in [-0.2, -0.15) is 0 Å². The van der Waals surface area contributed by atoms with Crippen molar-refractivity contribution in [2.24, 2.45) is 0 Å². The van der Waals surface area contributed by atoms with E-state index in [-0.39, 0.29) is 10.8 Å². The van der Waals surface area contributed by atoms with Crippen LogP contribution in [0, 0.1) is 0 Å². The molecule has 0 bridgehead atoms. The molecule has 14 rings (SSSR count). The van der Waals surface area contributed by atoms with Gasteiger partial charge in [-0.3, -0.25) is 0 Å². The summed E-state index contributed by atoms with van der Waals surface area (Å²) in [6.07, 6.45) is 3.86. The number of fused-ring (bicyclic) bond motifs is 6. The van der Waals surface area contributed by atoms with Gasteiger partial charge in [0.1, 0.15) is 0 Å². The minimum absolute atomic E-state index is 0.0165. The lowest BCUT2D eigenvalue weighted by molar-refractivity contribution is 0.589. The zero-order valence-corrected chi connectivity index (χ0v) is 51.2. The minimum atomic E-state index is -0.583. The third-order valence-corrected chi connectivity index (χ3v) is 18.7. The molecule has 426 valence electrons. The smallest absolute Gasteiger partial charge is 0.0714 e. The largest absolute Gasteiger partial charge is 0.310 e. The lowest BCUT2D eigenvalue weighted by Crippen LogP contribution is -2.29. The van der Waals surface area contributed by atoms with E-state index >= 15 is 0 Å². The fourth-order valence-corrected chi connectivity index (χ4v) is 14.2. The van der Waals surface area contributed by atoms with Crippen molar-refractivity contribution in [3.8, 4) is 33.4 Å². The molecule has 0 saturated heterocycles. The van der Waals surface area contributed by atoms with Crippen molar-refractivity contribution in [1.82, 2.24) is 0 Å². The molecule has 12 aromatic rings. The van der Waals surface area contributed by atoms with Crippen molar-refractivity contribution in [1.29, 1.82) is 0 Å². The molecule has 0 aromatic heterocycles. The number of benzene rings is 12. The van der Waals surface area contributed by atoms with Gasteiger partial charge in [0.15, 0.2) is 0 Å². The maximum Gasteiger partial charge on any atom is 0.0714 e. The minimum Gasteiger partial charge on any atom is -0.310 e. The molecule has 0 radical (unpaired) electrons. The summed E-state index contributed by atoms with van der Waals surface area (Å²) in [5, 5.41) is 0. The van der Waals surface area contributed by atoms with E-state index in [2.05, 4.69) is 356 Å². The first-order valence-electron chi connectivity index (χ1n) is 30.9. The molecule has 0 saturated carbocycles. The molecular formula is C86H72N2. The highest BCUT2D eigenvalue weighted by Crippen LogP contribution is 2.59. The van der Waals surface area contributed by atoms with Gasteiger partial charge < -0.3 is 9.80 Å². The first-order chi connectivity index (χ1) is 42.8. The summed E-state index contributed by atoms with van der Waals surface area (Å²) in [5.74, 6) is 0. The Morgan fingerprint density at radius 2 is 0.557 bits per heavy atom. The Morgan fingerprint density at radius 3 is 0.886 bits per heavy atom. The lowest BCUT2D eigenvalue weighted by atomic mass is 9.67. The Hall–Kier alpha value is -10.3. The van der Waals surface area contributed by atoms with E-state index < -0.39 is 10.8 Å². The Balaban J connectivity index is 0.851. The third kappa shape index (κ3) is 9.26. The number of hydrogen-bond donors (Lipinski definition) is 0. The molecule has 0 aliphatic heterocycles. The van der Waals surface area contributed by atoms with Crippen LogP contribution in [0.1, 0.15) is 108 Å². The molecule has 12 aromatic carbocycles. The summed E-state index contributed by atoms with van der Waals surface area (Å²) in [6.45, 7) is 22.0. The van der Waals surface area contributed by atoms with Crippen molar-refractivity contribution in [2.75, 3.05) is 9.80 Å². The van der Waals surface area contributed by atoms with Crippen LogP contribution in [0.25, 0.3) is 45.5 Å². The van der Waals surface area contributed by atoms with E-state index in [1.807, 2.05) is 12.2 Å². The highest BCUT2D eigenvalue weighted by atomic mass is 15.1. The van der Waals surface area contributed by atoms with Gasteiger partial charge in [0.25, 0.3) is 0 Å². The van der Waals surface area contributed by atoms with E-state index in [1.54, 1.807) is 0 Å². The molecule has 0 heterocycles. The monoisotopic (exact) mass is 1130 g/mol. The molecule has 0 spiro atoms. The zero-order valence-electron chi connectivity index (χ0n) is 51.2. The molecule has 2 atom stereocenters. The van der Waals surface area contributed by atoms with Crippen LogP contribution < -0.4 is 9.80 Å². The highest BCUT2D eigenvalue weighted by Gasteiger charge is 2.48. The molecule has 2 nitrogen and oxygen atoms in total. The number of nitrogens with zero attached hydrogens (tertiary/aromatic N) is 2. The Labute approximate surface area is 520 Å².